The Hall–Kier alpha value is -1.56. The number of methoxy groups -OCH3 is 1. The Morgan fingerprint density at radius 3 is 3.18 bits per heavy atom. The average Bonchev–Trinajstić information content (AvgIpc) is 2.77. The number of H-pyrrole nitrogens is 1. The van der Waals surface area contributed by atoms with E-state index >= 15 is 0 Å². The van der Waals surface area contributed by atoms with Crippen molar-refractivity contribution in [1.29, 1.82) is 0 Å². The van der Waals surface area contributed by atoms with Crippen LogP contribution in [0.1, 0.15) is 19.3 Å². The second-order valence-corrected chi connectivity index (χ2v) is 4.24. The van der Waals surface area contributed by atoms with Gasteiger partial charge in [-0.1, -0.05) is 6.42 Å². The van der Waals surface area contributed by atoms with Crippen LogP contribution in [0.2, 0.25) is 0 Å². The zero-order valence-corrected chi connectivity index (χ0v) is 9.77. The first-order valence-electron chi connectivity index (χ1n) is 5.75. The maximum atomic E-state index is 11.5. The highest BCUT2D eigenvalue weighted by molar-refractivity contribution is 5.48. The summed E-state index contributed by atoms with van der Waals surface area (Å²) >= 11 is 0. The van der Waals surface area contributed by atoms with E-state index in [0.717, 1.165) is 19.3 Å². The molecule has 0 aromatic carbocycles. The SMILES string of the molecule is COc1c(NC2CCCC2CO)nc[nH]c1=O. The van der Waals surface area contributed by atoms with Crippen LogP contribution in [-0.4, -0.2) is 34.8 Å². The van der Waals surface area contributed by atoms with Crippen LogP contribution in [0.25, 0.3) is 0 Å². The number of hydrogen-bond acceptors (Lipinski definition) is 5. The van der Waals surface area contributed by atoms with Crippen molar-refractivity contribution in [2.45, 2.75) is 25.3 Å². The highest BCUT2D eigenvalue weighted by Gasteiger charge is 2.27. The summed E-state index contributed by atoms with van der Waals surface area (Å²) in [7, 11) is 1.44. The van der Waals surface area contributed by atoms with Crippen LogP contribution >= 0.6 is 0 Å². The monoisotopic (exact) mass is 239 g/mol. The van der Waals surface area contributed by atoms with Gasteiger partial charge in [0.25, 0.3) is 5.56 Å². The molecule has 0 aliphatic heterocycles. The van der Waals surface area contributed by atoms with Gasteiger partial charge in [0.15, 0.2) is 5.82 Å². The third kappa shape index (κ3) is 2.41. The molecular weight excluding hydrogens is 222 g/mol. The molecule has 94 valence electrons. The fourth-order valence-corrected chi connectivity index (χ4v) is 2.30. The summed E-state index contributed by atoms with van der Waals surface area (Å²) in [5.74, 6) is 0.860. The molecular formula is C11H17N3O3. The molecule has 1 aliphatic carbocycles. The van der Waals surface area contributed by atoms with Gasteiger partial charge < -0.3 is 20.1 Å². The Balaban J connectivity index is 2.18. The molecule has 2 atom stereocenters. The van der Waals surface area contributed by atoms with E-state index in [1.54, 1.807) is 0 Å². The number of anilines is 1. The smallest absolute Gasteiger partial charge is 0.295 e. The van der Waals surface area contributed by atoms with Gasteiger partial charge >= 0.3 is 0 Å². The van der Waals surface area contributed by atoms with Crippen molar-refractivity contribution < 1.29 is 9.84 Å². The van der Waals surface area contributed by atoms with Crippen LogP contribution < -0.4 is 15.6 Å². The third-order valence-corrected chi connectivity index (χ3v) is 3.23. The quantitative estimate of drug-likeness (QED) is 0.705. The van der Waals surface area contributed by atoms with Gasteiger partial charge in [-0.05, 0) is 12.8 Å². The van der Waals surface area contributed by atoms with Crippen molar-refractivity contribution in [3.8, 4) is 5.75 Å². The number of aliphatic hydroxyl groups excluding tert-OH is 1. The first-order valence-corrected chi connectivity index (χ1v) is 5.75. The average molecular weight is 239 g/mol. The molecule has 0 amide bonds. The molecule has 2 rings (SSSR count). The molecule has 0 bridgehead atoms. The van der Waals surface area contributed by atoms with Crippen LogP contribution in [0.5, 0.6) is 5.75 Å². The van der Waals surface area contributed by atoms with E-state index in [4.69, 9.17) is 4.74 Å². The van der Waals surface area contributed by atoms with Crippen molar-refractivity contribution in [3.05, 3.63) is 16.7 Å². The van der Waals surface area contributed by atoms with E-state index in [1.165, 1.54) is 13.4 Å². The molecule has 6 nitrogen and oxygen atoms in total. The van der Waals surface area contributed by atoms with E-state index in [-0.39, 0.29) is 29.9 Å². The molecule has 1 aromatic heterocycles. The lowest BCUT2D eigenvalue weighted by atomic mass is 10.1. The highest BCUT2D eigenvalue weighted by Crippen LogP contribution is 2.29. The maximum Gasteiger partial charge on any atom is 0.295 e. The van der Waals surface area contributed by atoms with Gasteiger partial charge in [0, 0.05) is 18.6 Å². The minimum absolute atomic E-state index is 0.156. The summed E-state index contributed by atoms with van der Waals surface area (Å²) in [5, 5.41) is 12.4. The second-order valence-electron chi connectivity index (χ2n) is 4.24. The number of hydrogen-bond donors (Lipinski definition) is 3. The molecule has 1 saturated carbocycles. The van der Waals surface area contributed by atoms with Crippen LogP contribution in [0, 0.1) is 5.92 Å². The van der Waals surface area contributed by atoms with E-state index in [2.05, 4.69) is 15.3 Å². The van der Waals surface area contributed by atoms with Gasteiger partial charge in [0.2, 0.25) is 5.75 Å². The Morgan fingerprint density at radius 2 is 2.47 bits per heavy atom. The fourth-order valence-electron chi connectivity index (χ4n) is 2.30. The van der Waals surface area contributed by atoms with E-state index in [9.17, 15) is 9.90 Å². The van der Waals surface area contributed by atoms with Crippen molar-refractivity contribution in [2.75, 3.05) is 19.0 Å². The topological polar surface area (TPSA) is 87.2 Å². The van der Waals surface area contributed by atoms with Crippen molar-refractivity contribution in [2.24, 2.45) is 5.92 Å². The van der Waals surface area contributed by atoms with Gasteiger partial charge in [-0.3, -0.25) is 4.79 Å². The van der Waals surface area contributed by atoms with Gasteiger partial charge in [-0.2, -0.15) is 0 Å². The molecule has 0 spiro atoms. The molecule has 6 heteroatoms. The summed E-state index contributed by atoms with van der Waals surface area (Å²) in [6.45, 7) is 0.156. The summed E-state index contributed by atoms with van der Waals surface area (Å²) < 4.78 is 5.02. The van der Waals surface area contributed by atoms with Crippen LogP contribution in [0.15, 0.2) is 11.1 Å². The number of rotatable bonds is 4. The number of ether oxygens (including phenoxy) is 1. The van der Waals surface area contributed by atoms with Gasteiger partial charge in [-0.15, -0.1) is 0 Å². The largest absolute Gasteiger partial charge is 0.489 e. The van der Waals surface area contributed by atoms with Gasteiger partial charge in [-0.25, -0.2) is 4.98 Å². The first kappa shape index (κ1) is 11.9. The zero-order chi connectivity index (χ0) is 12.3. The second kappa shape index (κ2) is 5.18. The fraction of sp³-hybridized carbons (Fsp3) is 0.636. The summed E-state index contributed by atoms with van der Waals surface area (Å²) in [6, 6.07) is 0.156. The standard InChI is InChI=1S/C11H17N3O3/c1-17-9-10(12-6-13-11(9)16)14-8-4-2-3-7(8)5-15/h6-8,15H,2-5H2,1H3,(H2,12,13,14,16). The van der Waals surface area contributed by atoms with E-state index in [0.29, 0.717) is 5.82 Å². The normalized spacial score (nSPS) is 23.6. The summed E-state index contributed by atoms with van der Waals surface area (Å²) in [4.78, 5) is 18.0. The van der Waals surface area contributed by atoms with Gasteiger partial charge in [0.05, 0.1) is 13.4 Å². The lowest BCUT2D eigenvalue weighted by Crippen LogP contribution is -2.28. The van der Waals surface area contributed by atoms with Gasteiger partial charge in [0.1, 0.15) is 0 Å². The molecule has 2 unspecified atom stereocenters. The Bertz CT molecular complexity index is 432. The highest BCUT2D eigenvalue weighted by atomic mass is 16.5. The first-order chi connectivity index (χ1) is 8.26. The molecule has 3 N–H and O–H groups in total. The van der Waals surface area contributed by atoms with Crippen molar-refractivity contribution in [1.82, 2.24) is 9.97 Å². The number of aliphatic hydroxyl groups is 1. The minimum atomic E-state index is -0.302. The maximum absolute atomic E-state index is 11.5. The number of nitrogens with zero attached hydrogens (tertiary/aromatic N) is 1. The van der Waals surface area contributed by atoms with Crippen molar-refractivity contribution >= 4 is 5.82 Å². The molecule has 17 heavy (non-hydrogen) atoms. The third-order valence-electron chi connectivity index (χ3n) is 3.23. The lowest BCUT2D eigenvalue weighted by molar-refractivity contribution is 0.222. The summed E-state index contributed by atoms with van der Waals surface area (Å²) in [5.41, 5.74) is -0.302. The van der Waals surface area contributed by atoms with E-state index < -0.39 is 0 Å². The molecule has 1 aromatic rings. The van der Waals surface area contributed by atoms with E-state index in [1.807, 2.05) is 0 Å². The zero-order valence-electron chi connectivity index (χ0n) is 9.77. The van der Waals surface area contributed by atoms with Crippen LogP contribution in [0.4, 0.5) is 5.82 Å². The minimum Gasteiger partial charge on any atom is -0.489 e. The van der Waals surface area contributed by atoms with Crippen molar-refractivity contribution in [3.63, 3.8) is 0 Å². The van der Waals surface area contributed by atoms with Crippen LogP contribution in [-0.2, 0) is 0 Å². The number of aromatic nitrogens is 2. The molecule has 0 radical (unpaired) electrons. The number of nitrogens with one attached hydrogen (secondary N) is 2. The predicted octanol–water partition coefficient (Wildman–Crippen LogP) is 0.351. The lowest BCUT2D eigenvalue weighted by Gasteiger charge is -2.20. The molecule has 0 saturated heterocycles. The predicted molar refractivity (Wildman–Crippen MR) is 63.2 cm³/mol. The van der Waals surface area contributed by atoms with Crippen LogP contribution in [0.3, 0.4) is 0 Å². The summed E-state index contributed by atoms with van der Waals surface area (Å²) in [6.07, 6.45) is 4.40. The Labute approximate surface area is 99.0 Å². The number of aromatic amines is 1. The molecule has 1 fully saturated rings. The Kier molecular flexibility index (Phi) is 3.63. The molecule has 1 heterocycles. The Morgan fingerprint density at radius 1 is 1.65 bits per heavy atom. The molecule has 1 aliphatic rings.